The van der Waals surface area contributed by atoms with E-state index in [4.69, 9.17) is 9.84 Å². The number of hydrogen-bond acceptors (Lipinski definition) is 3. The van der Waals surface area contributed by atoms with Crippen molar-refractivity contribution >= 4 is 11.9 Å². The normalized spacial score (nSPS) is 11.7. The highest BCUT2D eigenvalue weighted by Crippen LogP contribution is 2.18. The standard InChI is InChI=1S/C20H23NO4/c22-19(15-25-14-13-16-7-3-1-4-8-16)21-18(11-12-20(23)24)17-9-5-2-6-10-17/h1-10,18H,11-15H2,(H,21,22)(H,23,24). The Hall–Kier alpha value is -2.66. The monoisotopic (exact) mass is 341 g/mol. The third-order valence-corrected chi connectivity index (χ3v) is 3.80. The summed E-state index contributed by atoms with van der Waals surface area (Å²) in [5, 5.41) is 11.7. The molecule has 1 atom stereocenters. The van der Waals surface area contributed by atoms with Crippen molar-refractivity contribution in [1.29, 1.82) is 0 Å². The molecule has 132 valence electrons. The maximum atomic E-state index is 12.1. The van der Waals surface area contributed by atoms with Crippen molar-refractivity contribution in [2.45, 2.75) is 25.3 Å². The molecule has 0 aliphatic heterocycles. The van der Waals surface area contributed by atoms with E-state index in [9.17, 15) is 9.59 Å². The van der Waals surface area contributed by atoms with E-state index in [1.54, 1.807) is 0 Å². The van der Waals surface area contributed by atoms with E-state index in [0.29, 0.717) is 13.0 Å². The molecule has 1 amide bonds. The van der Waals surface area contributed by atoms with Crippen LogP contribution in [0.25, 0.3) is 0 Å². The highest BCUT2D eigenvalue weighted by molar-refractivity contribution is 5.77. The average Bonchev–Trinajstić information content (AvgIpc) is 2.63. The number of hydrogen-bond donors (Lipinski definition) is 2. The van der Waals surface area contributed by atoms with Crippen LogP contribution in [0.15, 0.2) is 60.7 Å². The summed E-state index contributed by atoms with van der Waals surface area (Å²) in [6.07, 6.45) is 1.08. The average molecular weight is 341 g/mol. The minimum absolute atomic E-state index is 0.00525. The van der Waals surface area contributed by atoms with Gasteiger partial charge >= 0.3 is 5.97 Å². The van der Waals surface area contributed by atoms with E-state index in [2.05, 4.69) is 5.32 Å². The smallest absolute Gasteiger partial charge is 0.303 e. The molecule has 25 heavy (non-hydrogen) atoms. The summed E-state index contributed by atoms with van der Waals surface area (Å²) in [7, 11) is 0. The molecule has 0 saturated heterocycles. The van der Waals surface area contributed by atoms with Gasteiger partial charge in [-0.1, -0.05) is 60.7 Å². The van der Waals surface area contributed by atoms with Crippen LogP contribution in [0.3, 0.4) is 0 Å². The Bertz CT molecular complexity index is 658. The van der Waals surface area contributed by atoms with Gasteiger partial charge in [0, 0.05) is 6.42 Å². The Morgan fingerprint density at radius 2 is 1.64 bits per heavy atom. The molecule has 0 heterocycles. The predicted octanol–water partition coefficient (Wildman–Crippen LogP) is 2.97. The fourth-order valence-electron chi connectivity index (χ4n) is 2.51. The number of ether oxygens (including phenoxy) is 1. The maximum Gasteiger partial charge on any atom is 0.303 e. The minimum atomic E-state index is -0.880. The second-order valence-electron chi connectivity index (χ2n) is 5.75. The molecular weight excluding hydrogens is 318 g/mol. The van der Waals surface area contributed by atoms with Gasteiger partial charge in [-0.3, -0.25) is 9.59 Å². The summed E-state index contributed by atoms with van der Waals surface area (Å²) in [4.78, 5) is 22.9. The molecule has 0 aliphatic rings. The first-order valence-electron chi connectivity index (χ1n) is 8.33. The molecule has 0 spiro atoms. The van der Waals surface area contributed by atoms with Gasteiger partial charge in [0.2, 0.25) is 5.91 Å². The fraction of sp³-hybridized carbons (Fsp3) is 0.300. The Morgan fingerprint density at radius 1 is 1.00 bits per heavy atom. The zero-order valence-corrected chi connectivity index (χ0v) is 14.1. The summed E-state index contributed by atoms with van der Waals surface area (Å²) in [5.41, 5.74) is 2.05. The van der Waals surface area contributed by atoms with Crippen LogP contribution < -0.4 is 5.32 Å². The van der Waals surface area contributed by atoms with E-state index >= 15 is 0 Å². The molecule has 5 heteroatoms. The minimum Gasteiger partial charge on any atom is -0.481 e. The largest absolute Gasteiger partial charge is 0.481 e. The second-order valence-corrected chi connectivity index (χ2v) is 5.75. The SMILES string of the molecule is O=C(O)CCC(NC(=O)COCCc1ccccc1)c1ccccc1. The molecule has 0 fully saturated rings. The van der Waals surface area contributed by atoms with Gasteiger partial charge in [-0.15, -0.1) is 0 Å². The molecule has 0 radical (unpaired) electrons. The lowest BCUT2D eigenvalue weighted by molar-refractivity contribution is -0.137. The lowest BCUT2D eigenvalue weighted by atomic mass is 10.0. The molecule has 0 bridgehead atoms. The molecule has 0 aromatic heterocycles. The third-order valence-electron chi connectivity index (χ3n) is 3.80. The Kier molecular flexibility index (Phi) is 7.66. The molecule has 2 aromatic carbocycles. The van der Waals surface area contributed by atoms with Crippen LogP contribution in [0.4, 0.5) is 0 Å². The van der Waals surface area contributed by atoms with Crippen molar-refractivity contribution in [2.24, 2.45) is 0 Å². The quantitative estimate of drug-likeness (QED) is 0.652. The Balaban J connectivity index is 1.79. The number of nitrogens with one attached hydrogen (secondary N) is 1. The van der Waals surface area contributed by atoms with E-state index in [0.717, 1.165) is 17.5 Å². The lowest BCUT2D eigenvalue weighted by Gasteiger charge is -2.18. The van der Waals surface area contributed by atoms with Crippen LogP contribution in [0, 0.1) is 0 Å². The van der Waals surface area contributed by atoms with Crippen LogP contribution in [0.1, 0.15) is 30.0 Å². The summed E-state index contributed by atoms with van der Waals surface area (Å²) in [6, 6.07) is 19.0. The predicted molar refractivity (Wildman–Crippen MR) is 95.2 cm³/mol. The molecule has 0 aliphatic carbocycles. The highest BCUT2D eigenvalue weighted by Gasteiger charge is 2.15. The molecule has 1 unspecified atom stereocenters. The van der Waals surface area contributed by atoms with E-state index in [1.165, 1.54) is 0 Å². The van der Waals surface area contributed by atoms with Gasteiger partial charge in [-0.25, -0.2) is 0 Å². The van der Waals surface area contributed by atoms with Crippen molar-refractivity contribution in [2.75, 3.05) is 13.2 Å². The summed E-state index contributed by atoms with van der Waals surface area (Å²) in [5.74, 6) is -1.12. The lowest BCUT2D eigenvalue weighted by Crippen LogP contribution is -2.32. The van der Waals surface area contributed by atoms with Gasteiger partial charge in [0.25, 0.3) is 0 Å². The van der Waals surface area contributed by atoms with E-state index in [-0.39, 0.29) is 25.0 Å². The topological polar surface area (TPSA) is 75.6 Å². The van der Waals surface area contributed by atoms with Crippen LogP contribution in [-0.2, 0) is 20.7 Å². The number of amides is 1. The molecular formula is C20H23NO4. The summed E-state index contributed by atoms with van der Waals surface area (Å²) in [6.45, 7) is 0.422. The first kappa shape index (κ1) is 18.7. The molecule has 2 rings (SSSR count). The summed E-state index contributed by atoms with van der Waals surface area (Å²) >= 11 is 0. The summed E-state index contributed by atoms with van der Waals surface area (Å²) < 4.78 is 5.43. The highest BCUT2D eigenvalue weighted by atomic mass is 16.5. The second kappa shape index (κ2) is 10.3. The number of aliphatic carboxylic acids is 1. The Labute approximate surface area is 147 Å². The fourth-order valence-corrected chi connectivity index (χ4v) is 2.51. The van der Waals surface area contributed by atoms with Gasteiger partial charge in [0.05, 0.1) is 12.6 Å². The molecule has 2 aromatic rings. The van der Waals surface area contributed by atoms with Crippen molar-refractivity contribution in [3.63, 3.8) is 0 Å². The Morgan fingerprint density at radius 3 is 2.28 bits per heavy atom. The van der Waals surface area contributed by atoms with Gasteiger partial charge in [-0.05, 0) is 24.0 Å². The number of carbonyl (C=O) groups excluding carboxylic acids is 1. The third kappa shape index (κ3) is 7.18. The number of carboxylic acid groups (broad SMARTS) is 1. The van der Waals surface area contributed by atoms with Gasteiger partial charge in [0.1, 0.15) is 6.61 Å². The van der Waals surface area contributed by atoms with Crippen molar-refractivity contribution in [1.82, 2.24) is 5.32 Å². The van der Waals surface area contributed by atoms with Crippen molar-refractivity contribution in [3.8, 4) is 0 Å². The van der Waals surface area contributed by atoms with Gasteiger partial charge in [0.15, 0.2) is 0 Å². The number of carboxylic acids is 1. The molecule has 0 saturated carbocycles. The number of rotatable bonds is 10. The molecule has 2 N–H and O–H groups in total. The first-order chi connectivity index (χ1) is 12.1. The van der Waals surface area contributed by atoms with Crippen molar-refractivity contribution < 1.29 is 19.4 Å². The van der Waals surface area contributed by atoms with E-state index < -0.39 is 5.97 Å². The van der Waals surface area contributed by atoms with Crippen LogP contribution >= 0.6 is 0 Å². The van der Waals surface area contributed by atoms with Gasteiger partial charge in [-0.2, -0.15) is 0 Å². The number of benzene rings is 2. The maximum absolute atomic E-state index is 12.1. The van der Waals surface area contributed by atoms with Crippen LogP contribution in [0.5, 0.6) is 0 Å². The van der Waals surface area contributed by atoms with Crippen molar-refractivity contribution in [3.05, 3.63) is 71.8 Å². The zero-order chi connectivity index (χ0) is 17.9. The number of carbonyl (C=O) groups is 2. The zero-order valence-electron chi connectivity index (χ0n) is 14.1. The van der Waals surface area contributed by atoms with Crippen LogP contribution in [-0.4, -0.2) is 30.2 Å². The molecule has 5 nitrogen and oxygen atoms in total. The first-order valence-corrected chi connectivity index (χ1v) is 8.33. The van der Waals surface area contributed by atoms with Crippen LogP contribution in [0.2, 0.25) is 0 Å². The van der Waals surface area contributed by atoms with Gasteiger partial charge < -0.3 is 15.2 Å². The van der Waals surface area contributed by atoms with E-state index in [1.807, 2.05) is 60.7 Å².